The lowest BCUT2D eigenvalue weighted by Gasteiger charge is -2.05. The van der Waals surface area contributed by atoms with E-state index in [1.165, 1.54) is 18.5 Å². The normalized spacial score (nSPS) is 9.94. The number of nitrogens with two attached hydrogens (primary N) is 1. The van der Waals surface area contributed by atoms with Crippen molar-refractivity contribution in [3.05, 3.63) is 48.3 Å². The van der Waals surface area contributed by atoms with Crippen LogP contribution in [0, 0.1) is 5.95 Å². The third-order valence-electron chi connectivity index (χ3n) is 2.04. The van der Waals surface area contributed by atoms with Crippen molar-refractivity contribution in [1.29, 1.82) is 0 Å². The van der Waals surface area contributed by atoms with Crippen LogP contribution < -0.4 is 11.1 Å². The van der Waals surface area contributed by atoms with Crippen molar-refractivity contribution in [3.8, 4) is 0 Å². The minimum atomic E-state index is -0.611. The first-order valence-corrected chi connectivity index (χ1v) is 4.80. The fourth-order valence-corrected chi connectivity index (χ4v) is 1.25. The van der Waals surface area contributed by atoms with E-state index in [4.69, 9.17) is 5.73 Å². The van der Waals surface area contributed by atoms with Crippen LogP contribution in [-0.2, 0) is 0 Å². The molecular formula is C11H9FN4O. The van der Waals surface area contributed by atoms with Gasteiger partial charge in [-0.2, -0.15) is 4.39 Å². The number of nitrogens with one attached hydrogen (secondary N) is 1. The van der Waals surface area contributed by atoms with Crippen molar-refractivity contribution in [2.45, 2.75) is 0 Å². The lowest BCUT2D eigenvalue weighted by atomic mass is 10.3. The van der Waals surface area contributed by atoms with Crippen molar-refractivity contribution in [2.75, 3.05) is 11.1 Å². The van der Waals surface area contributed by atoms with Crippen LogP contribution in [0.25, 0.3) is 0 Å². The first-order valence-electron chi connectivity index (χ1n) is 4.80. The first kappa shape index (κ1) is 11.0. The topological polar surface area (TPSA) is 80.9 Å². The Morgan fingerprint density at radius 2 is 2.12 bits per heavy atom. The highest BCUT2D eigenvalue weighted by Gasteiger charge is 2.10. The van der Waals surface area contributed by atoms with Crippen LogP contribution in [0.4, 0.5) is 15.8 Å². The molecule has 2 heterocycles. The van der Waals surface area contributed by atoms with E-state index in [0.29, 0.717) is 5.69 Å². The van der Waals surface area contributed by atoms with Gasteiger partial charge in [-0.15, -0.1) is 0 Å². The molecule has 0 aromatic carbocycles. The van der Waals surface area contributed by atoms with Gasteiger partial charge in [-0.1, -0.05) is 0 Å². The van der Waals surface area contributed by atoms with E-state index in [1.807, 2.05) is 0 Å². The second-order valence-corrected chi connectivity index (χ2v) is 3.26. The summed E-state index contributed by atoms with van der Waals surface area (Å²) in [7, 11) is 0. The van der Waals surface area contributed by atoms with Gasteiger partial charge in [0.15, 0.2) is 5.69 Å². The smallest absolute Gasteiger partial charge is 0.276 e. The highest BCUT2D eigenvalue weighted by molar-refractivity contribution is 6.06. The van der Waals surface area contributed by atoms with Crippen LogP contribution >= 0.6 is 0 Å². The Bertz CT molecular complexity index is 541. The summed E-state index contributed by atoms with van der Waals surface area (Å²) in [5.41, 5.74) is 6.38. The van der Waals surface area contributed by atoms with Gasteiger partial charge in [-0.3, -0.25) is 4.79 Å². The molecule has 0 unspecified atom stereocenters. The molecule has 1 amide bonds. The molecule has 0 aliphatic rings. The molecule has 0 saturated heterocycles. The van der Waals surface area contributed by atoms with Crippen LogP contribution in [0.2, 0.25) is 0 Å². The number of hydrogen-bond acceptors (Lipinski definition) is 4. The number of halogens is 1. The third-order valence-corrected chi connectivity index (χ3v) is 2.04. The standard InChI is InChI=1S/C11H9FN4O/c12-9-4-3-7(6-15-9)16-11(17)10-8(13)2-1-5-14-10/h1-6H,13H2,(H,16,17). The molecule has 0 spiro atoms. The number of nitrogens with zero attached hydrogens (tertiary/aromatic N) is 2. The summed E-state index contributed by atoms with van der Waals surface area (Å²) in [5, 5.41) is 2.52. The summed E-state index contributed by atoms with van der Waals surface area (Å²) >= 11 is 0. The average Bonchev–Trinajstić information content (AvgIpc) is 2.32. The SMILES string of the molecule is Nc1cccnc1C(=O)Nc1ccc(F)nc1. The number of carbonyl (C=O) groups excluding carboxylic acids is 1. The zero-order chi connectivity index (χ0) is 12.3. The Morgan fingerprint density at radius 1 is 1.29 bits per heavy atom. The van der Waals surface area contributed by atoms with Crippen molar-refractivity contribution in [1.82, 2.24) is 9.97 Å². The molecule has 3 N–H and O–H groups in total. The van der Waals surface area contributed by atoms with Gasteiger partial charge in [0.1, 0.15) is 0 Å². The quantitative estimate of drug-likeness (QED) is 0.768. The number of hydrogen-bond donors (Lipinski definition) is 2. The molecule has 86 valence electrons. The predicted octanol–water partition coefficient (Wildman–Crippen LogP) is 1.45. The maximum absolute atomic E-state index is 12.6. The largest absolute Gasteiger partial charge is 0.397 e. The summed E-state index contributed by atoms with van der Waals surface area (Å²) in [5.74, 6) is -1.07. The third kappa shape index (κ3) is 2.54. The lowest BCUT2D eigenvalue weighted by Crippen LogP contribution is -2.15. The van der Waals surface area contributed by atoms with Gasteiger partial charge < -0.3 is 11.1 Å². The van der Waals surface area contributed by atoms with Crippen molar-refractivity contribution < 1.29 is 9.18 Å². The summed E-state index contributed by atoms with van der Waals surface area (Å²) in [6, 6.07) is 5.76. The highest BCUT2D eigenvalue weighted by atomic mass is 19.1. The maximum Gasteiger partial charge on any atom is 0.276 e. The van der Waals surface area contributed by atoms with E-state index >= 15 is 0 Å². The Morgan fingerprint density at radius 3 is 2.76 bits per heavy atom. The van der Waals surface area contributed by atoms with Crippen LogP contribution in [0.1, 0.15) is 10.5 Å². The predicted molar refractivity (Wildman–Crippen MR) is 60.8 cm³/mol. The molecule has 0 radical (unpaired) electrons. The average molecular weight is 232 g/mol. The van der Waals surface area contributed by atoms with E-state index in [2.05, 4.69) is 15.3 Å². The summed E-state index contributed by atoms with van der Waals surface area (Å²) in [6.07, 6.45) is 2.68. The molecular weight excluding hydrogens is 223 g/mol. The zero-order valence-electron chi connectivity index (χ0n) is 8.72. The van der Waals surface area contributed by atoms with Crippen LogP contribution in [-0.4, -0.2) is 15.9 Å². The van der Waals surface area contributed by atoms with Gasteiger partial charge in [0, 0.05) is 6.20 Å². The summed E-state index contributed by atoms with van der Waals surface area (Å²) < 4.78 is 12.6. The number of pyridine rings is 2. The molecule has 0 bridgehead atoms. The Balaban J connectivity index is 2.17. The number of aromatic nitrogens is 2. The Labute approximate surface area is 96.5 Å². The molecule has 6 heteroatoms. The van der Waals surface area contributed by atoms with Crippen LogP contribution in [0.5, 0.6) is 0 Å². The summed E-state index contributed by atoms with van der Waals surface area (Å²) in [4.78, 5) is 19.0. The van der Waals surface area contributed by atoms with Gasteiger partial charge in [-0.05, 0) is 24.3 Å². The number of amides is 1. The molecule has 0 saturated carbocycles. The Hall–Kier alpha value is -2.50. The van der Waals surface area contributed by atoms with E-state index in [-0.39, 0.29) is 11.4 Å². The van der Waals surface area contributed by atoms with E-state index in [9.17, 15) is 9.18 Å². The second-order valence-electron chi connectivity index (χ2n) is 3.26. The van der Waals surface area contributed by atoms with Gasteiger partial charge in [0.05, 0.1) is 17.6 Å². The molecule has 17 heavy (non-hydrogen) atoms. The van der Waals surface area contributed by atoms with E-state index in [0.717, 1.165) is 6.07 Å². The van der Waals surface area contributed by atoms with E-state index < -0.39 is 11.9 Å². The van der Waals surface area contributed by atoms with Gasteiger partial charge in [0.25, 0.3) is 5.91 Å². The molecule has 0 aliphatic heterocycles. The summed E-state index contributed by atoms with van der Waals surface area (Å²) in [6.45, 7) is 0. The van der Waals surface area contributed by atoms with Crippen molar-refractivity contribution in [3.63, 3.8) is 0 Å². The molecule has 5 nitrogen and oxygen atoms in total. The minimum absolute atomic E-state index is 0.122. The maximum atomic E-state index is 12.6. The van der Waals surface area contributed by atoms with Crippen molar-refractivity contribution in [2.24, 2.45) is 0 Å². The fraction of sp³-hybridized carbons (Fsp3) is 0. The van der Waals surface area contributed by atoms with Gasteiger partial charge in [0.2, 0.25) is 5.95 Å². The molecule has 0 atom stereocenters. The van der Waals surface area contributed by atoms with Gasteiger partial charge >= 0.3 is 0 Å². The second kappa shape index (κ2) is 4.56. The van der Waals surface area contributed by atoms with Crippen LogP contribution in [0.3, 0.4) is 0 Å². The van der Waals surface area contributed by atoms with Gasteiger partial charge in [-0.25, -0.2) is 9.97 Å². The number of nitrogen functional groups attached to an aromatic ring is 1. The first-order chi connectivity index (χ1) is 8.16. The zero-order valence-corrected chi connectivity index (χ0v) is 8.72. The molecule has 0 fully saturated rings. The monoisotopic (exact) mass is 232 g/mol. The number of carbonyl (C=O) groups is 1. The number of anilines is 2. The Kier molecular flexibility index (Phi) is 2.95. The molecule has 2 aromatic heterocycles. The lowest BCUT2D eigenvalue weighted by molar-refractivity contribution is 0.102. The highest BCUT2D eigenvalue weighted by Crippen LogP contribution is 2.11. The van der Waals surface area contributed by atoms with E-state index in [1.54, 1.807) is 12.1 Å². The minimum Gasteiger partial charge on any atom is -0.397 e. The van der Waals surface area contributed by atoms with Crippen molar-refractivity contribution >= 4 is 17.3 Å². The van der Waals surface area contributed by atoms with Crippen LogP contribution in [0.15, 0.2) is 36.7 Å². The molecule has 0 aliphatic carbocycles. The fourth-order valence-electron chi connectivity index (χ4n) is 1.25. The molecule has 2 rings (SSSR count). The molecule has 2 aromatic rings. The number of rotatable bonds is 2.